The van der Waals surface area contributed by atoms with Crippen molar-refractivity contribution >= 4 is 0 Å². The van der Waals surface area contributed by atoms with E-state index in [0.29, 0.717) is 13.2 Å². The van der Waals surface area contributed by atoms with Gasteiger partial charge in [-0.05, 0) is 44.9 Å². The van der Waals surface area contributed by atoms with Gasteiger partial charge >= 0.3 is 0 Å². The number of allylic oxidation sites excluding steroid dienone is 1. The summed E-state index contributed by atoms with van der Waals surface area (Å²) < 4.78 is 5.70. The van der Waals surface area contributed by atoms with E-state index in [1.165, 1.54) is 0 Å². The van der Waals surface area contributed by atoms with Crippen molar-refractivity contribution in [3.63, 3.8) is 0 Å². The first kappa shape index (κ1) is 15.7. The number of aliphatic hydroxyl groups is 1. The zero-order valence-electron chi connectivity index (χ0n) is 12.1. The normalized spacial score (nSPS) is 12.8. The number of para-hydroxylation sites is 1. The molecule has 0 heterocycles. The highest BCUT2D eigenvalue weighted by molar-refractivity contribution is 5.39. The van der Waals surface area contributed by atoms with E-state index in [1.54, 1.807) is 0 Å². The number of nitrogens with one attached hydrogen (secondary N) is 1. The Balaban J connectivity index is 2.28. The van der Waals surface area contributed by atoms with E-state index in [1.807, 2.05) is 45.0 Å². The molecule has 1 atom stereocenters. The molecule has 0 aliphatic carbocycles. The molecule has 1 rings (SSSR count). The van der Waals surface area contributed by atoms with E-state index in [9.17, 15) is 5.11 Å². The molecule has 0 aromatic heterocycles. The largest absolute Gasteiger partial charge is 0.490 e. The summed E-state index contributed by atoms with van der Waals surface area (Å²) in [6, 6.07) is 6.05. The molecule has 0 saturated heterocycles. The molecule has 3 nitrogen and oxygen atoms in total. The molecule has 1 unspecified atom stereocenters. The van der Waals surface area contributed by atoms with Crippen LogP contribution in [0.5, 0.6) is 5.75 Å². The SMILES string of the molecule is C/C=C/CCNCC(O)COc1c(C)cccc1C. The summed E-state index contributed by atoms with van der Waals surface area (Å²) in [4.78, 5) is 0. The molecular weight excluding hydrogens is 238 g/mol. The van der Waals surface area contributed by atoms with Gasteiger partial charge in [0.05, 0.1) is 0 Å². The predicted molar refractivity (Wildman–Crippen MR) is 79.7 cm³/mol. The Morgan fingerprint density at radius 1 is 1.32 bits per heavy atom. The Labute approximate surface area is 116 Å². The molecule has 0 amide bonds. The fourth-order valence-corrected chi connectivity index (χ4v) is 1.89. The highest BCUT2D eigenvalue weighted by Gasteiger charge is 2.07. The lowest BCUT2D eigenvalue weighted by molar-refractivity contribution is 0.106. The minimum absolute atomic E-state index is 0.322. The van der Waals surface area contributed by atoms with Crippen LogP contribution in [0.3, 0.4) is 0 Å². The maximum atomic E-state index is 9.84. The summed E-state index contributed by atoms with van der Waals surface area (Å²) in [7, 11) is 0. The Morgan fingerprint density at radius 2 is 2.00 bits per heavy atom. The average Bonchev–Trinajstić information content (AvgIpc) is 2.38. The van der Waals surface area contributed by atoms with Crippen molar-refractivity contribution in [2.45, 2.75) is 33.3 Å². The molecule has 0 aliphatic heterocycles. The second-order valence-electron chi connectivity index (χ2n) is 4.75. The third-order valence-corrected chi connectivity index (χ3v) is 2.93. The minimum atomic E-state index is -0.482. The lowest BCUT2D eigenvalue weighted by atomic mass is 10.1. The van der Waals surface area contributed by atoms with Gasteiger partial charge in [-0.2, -0.15) is 0 Å². The molecule has 0 aliphatic rings. The van der Waals surface area contributed by atoms with Gasteiger partial charge in [-0.3, -0.25) is 0 Å². The first-order valence-electron chi connectivity index (χ1n) is 6.84. The molecule has 106 valence electrons. The van der Waals surface area contributed by atoms with Crippen molar-refractivity contribution in [1.82, 2.24) is 5.32 Å². The van der Waals surface area contributed by atoms with Gasteiger partial charge in [-0.1, -0.05) is 30.4 Å². The number of ether oxygens (including phenoxy) is 1. The fraction of sp³-hybridized carbons (Fsp3) is 0.500. The average molecular weight is 263 g/mol. The van der Waals surface area contributed by atoms with Gasteiger partial charge in [0.15, 0.2) is 0 Å². The van der Waals surface area contributed by atoms with Gasteiger partial charge in [0.25, 0.3) is 0 Å². The van der Waals surface area contributed by atoms with Crippen LogP contribution in [0.25, 0.3) is 0 Å². The summed E-state index contributed by atoms with van der Waals surface area (Å²) in [6.45, 7) is 7.80. The monoisotopic (exact) mass is 263 g/mol. The van der Waals surface area contributed by atoms with Gasteiger partial charge in [0.1, 0.15) is 18.5 Å². The maximum absolute atomic E-state index is 9.84. The highest BCUT2D eigenvalue weighted by Crippen LogP contribution is 2.22. The van der Waals surface area contributed by atoms with Crippen LogP contribution >= 0.6 is 0 Å². The van der Waals surface area contributed by atoms with E-state index >= 15 is 0 Å². The second kappa shape index (κ2) is 8.73. The maximum Gasteiger partial charge on any atom is 0.125 e. The van der Waals surface area contributed by atoms with Crippen molar-refractivity contribution in [3.8, 4) is 5.75 Å². The van der Waals surface area contributed by atoms with Gasteiger partial charge in [-0.15, -0.1) is 0 Å². The molecule has 0 spiro atoms. The first-order valence-corrected chi connectivity index (χ1v) is 6.84. The molecule has 1 aromatic carbocycles. The fourth-order valence-electron chi connectivity index (χ4n) is 1.89. The molecule has 1 aromatic rings. The van der Waals surface area contributed by atoms with E-state index in [4.69, 9.17) is 4.74 Å². The Morgan fingerprint density at radius 3 is 2.63 bits per heavy atom. The Bertz CT molecular complexity index is 381. The van der Waals surface area contributed by atoms with Crippen molar-refractivity contribution in [2.75, 3.05) is 19.7 Å². The van der Waals surface area contributed by atoms with Gasteiger partial charge < -0.3 is 15.2 Å². The third-order valence-electron chi connectivity index (χ3n) is 2.93. The smallest absolute Gasteiger partial charge is 0.125 e. The van der Waals surface area contributed by atoms with Crippen molar-refractivity contribution < 1.29 is 9.84 Å². The Kier molecular flexibility index (Phi) is 7.23. The molecule has 0 saturated carbocycles. The number of benzene rings is 1. The number of aryl methyl sites for hydroxylation is 2. The van der Waals surface area contributed by atoms with Crippen LogP contribution in [-0.2, 0) is 0 Å². The van der Waals surface area contributed by atoms with Crippen LogP contribution in [0.1, 0.15) is 24.5 Å². The second-order valence-corrected chi connectivity index (χ2v) is 4.75. The van der Waals surface area contributed by atoms with Crippen LogP contribution in [0.4, 0.5) is 0 Å². The summed E-state index contributed by atoms with van der Waals surface area (Å²) in [6.07, 6.45) is 4.64. The zero-order valence-corrected chi connectivity index (χ0v) is 12.1. The zero-order chi connectivity index (χ0) is 14.1. The lowest BCUT2D eigenvalue weighted by Gasteiger charge is -2.16. The van der Waals surface area contributed by atoms with Crippen LogP contribution in [0.15, 0.2) is 30.4 Å². The van der Waals surface area contributed by atoms with Crippen molar-refractivity contribution in [3.05, 3.63) is 41.5 Å². The van der Waals surface area contributed by atoms with Crippen molar-refractivity contribution in [1.29, 1.82) is 0 Å². The number of hydrogen-bond acceptors (Lipinski definition) is 3. The standard InChI is InChI=1S/C16H25NO2/c1-4-5-6-10-17-11-15(18)12-19-16-13(2)8-7-9-14(16)3/h4-5,7-9,15,17-18H,6,10-12H2,1-3H3/b5-4+. The molecule has 0 radical (unpaired) electrons. The molecule has 2 N–H and O–H groups in total. The van der Waals surface area contributed by atoms with Crippen LogP contribution in [-0.4, -0.2) is 30.9 Å². The molecule has 0 bridgehead atoms. The van der Waals surface area contributed by atoms with Gasteiger partial charge in [0, 0.05) is 6.54 Å². The molecule has 3 heteroatoms. The molecular formula is C16H25NO2. The van der Waals surface area contributed by atoms with Crippen LogP contribution in [0.2, 0.25) is 0 Å². The third kappa shape index (κ3) is 5.90. The quantitative estimate of drug-likeness (QED) is 0.559. The topological polar surface area (TPSA) is 41.5 Å². The number of rotatable bonds is 8. The molecule has 19 heavy (non-hydrogen) atoms. The van der Waals surface area contributed by atoms with E-state index in [-0.39, 0.29) is 0 Å². The van der Waals surface area contributed by atoms with Crippen LogP contribution < -0.4 is 10.1 Å². The number of hydrogen-bond donors (Lipinski definition) is 2. The summed E-state index contributed by atoms with van der Waals surface area (Å²) in [5, 5.41) is 13.0. The van der Waals surface area contributed by atoms with Crippen molar-refractivity contribution in [2.24, 2.45) is 0 Å². The Hall–Kier alpha value is -1.32. The minimum Gasteiger partial charge on any atom is -0.490 e. The summed E-state index contributed by atoms with van der Waals surface area (Å²) >= 11 is 0. The first-order chi connectivity index (χ1) is 9.15. The van der Waals surface area contributed by atoms with Gasteiger partial charge in [-0.25, -0.2) is 0 Å². The van der Waals surface area contributed by atoms with E-state index in [2.05, 4.69) is 11.4 Å². The highest BCUT2D eigenvalue weighted by atomic mass is 16.5. The lowest BCUT2D eigenvalue weighted by Crippen LogP contribution is -2.32. The van der Waals surface area contributed by atoms with E-state index < -0.39 is 6.10 Å². The summed E-state index contributed by atoms with van der Waals surface area (Å²) in [5.74, 6) is 0.885. The number of aliphatic hydroxyl groups excluding tert-OH is 1. The van der Waals surface area contributed by atoms with Crippen LogP contribution in [0, 0.1) is 13.8 Å². The molecule has 0 fully saturated rings. The van der Waals surface area contributed by atoms with E-state index in [0.717, 1.165) is 29.8 Å². The van der Waals surface area contributed by atoms with Gasteiger partial charge in [0.2, 0.25) is 0 Å². The predicted octanol–water partition coefficient (Wildman–Crippen LogP) is 2.60. The summed E-state index contributed by atoms with van der Waals surface area (Å²) in [5.41, 5.74) is 2.21.